The van der Waals surface area contributed by atoms with E-state index < -0.39 is 0 Å². The van der Waals surface area contributed by atoms with Gasteiger partial charge in [-0.1, -0.05) is 18.7 Å². The zero-order chi connectivity index (χ0) is 14.2. The molecule has 1 fully saturated rings. The highest BCUT2D eigenvalue weighted by Gasteiger charge is 2.14. The fraction of sp³-hybridized carbons (Fsp3) is 0.400. The van der Waals surface area contributed by atoms with Gasteiger partial charge in [-0.05, 0) is 12.1 Å². The van der Waals surface area contributed by atoms with Crippen molar-refractivity contribution in [3.8, 4) is 5.75 Å². The lowest BCUT2D eigenvalue weighted by Gasteiger charge is -2.25. The summed E-state index contributed by atoms with van der Waals surface area (Å²) in [7, 11) is 0. The van der Waals surface area contributed by atoms with Gasteiger partial charge in [-0.25, -0.2) is 0 Å². The minimum Gasteiger partial charge on any atom is -0.489 e. The molecule has 20 heavy (non-hydrogen) atoms. The van der Waals surface area contributed by atoms with Crippen molar-refractivity contribution < 1.29 is 14.3 Å². The Morgan fingerprint density at radius 1 is 1.45 bits per heavy atom. The molecule has 1 N–H and O–H groups in total. The number of carbonyl (C=O) groups excluding carboxylic acids is 1. The highest BCUT2D eigenvalue weighted by molar-refractivity contribution is 5.92. The fourth-order valence-corrected chi connectivity index (χ4v) is 1.98. The summed E-state index contributed by atoms with van der Waals surface area (Å²) in [4.78, 5) is 14.0. The molecule has 1 saturated heterocycles. The minimum atomic E-state index is -0.0206. The van der Waals surface area contributed by atoms with Gasteiger partial charge >= 0.3 is 0 Å². The van der Waals surface area contributed by atoms with E-state index in [-0.39, 0.29) is 5.91 Å². The number of amides is 1. The lowest BCUT2D eigenvalue weighted by Crippen LogP contribution is -2.41. The predicted molar refractivity (Wildman–Crippen MR) is 78.0 cm³/mol. The molecule has 0 aromatic heterocycles. The van der Waals surface area contributed by atoms with Crippen LogP contribution in [0.2, 0.25) is 0 Å². The normalized spacial score (nSPS) is 15.6. The van der Waals surface area contributed by atoms with Gasteiger partial charge in [-0.2, -0.15) is 0 Å². The van der Waals surface area contributed by atoms with Gasteiger partial charge in [0.05, 0.1) is 19.8 Å². The first-order chi connectivity index (χ1) is 9.78. The molecule has 0 aliphatic carbocycles. The van der Waals surface area contributed by atoms with Gasteiger partial charge in [0, 0.05) is 24.8 Å². The molecule has 5 heteroatoms. The monoisotopic (exact) mass is 276 g/mol. The summed E-state index contributed by atoms with van der Waals surface area (Å²) >= 11 is 0. The van der Waals surface area contributed by atoms with Crippen molar-refractivity contribution in [1.29, 1.82) is 0 Å². The molecule has 0 atom stereocenters. The first-order valence-electron chi connectivity index (χ1n) is 6.71. The van der Waals surface area contributed by atoms with Crippen molar-refractivity contribution >= 4 is 11.6 Å². The van der Waals surface area contributed by atoms with Crippen molar-refractivity contribution in [1.82, 2.24) is 4.90 Å². The number of morpholine rings is 1. The van der Waals surface area contributed by atoms with Crippen LogP contribution in [0, 0.1) is 0 Å². The molecule has 1 heterocycles. The molecule has 1 amide bonds. The Balaban J connectivity index is 1.85. The SMILES string of the molecule is C=CCOc1cccc(NC(=O)CN2CCOCC2)c1. The van der Waals surface area contributed by atoms with E-state index in [9.17, 15) is 4.79 Å². The van der Waals surface area contributed by atoms with E-state index in [1.807, 2.05) is 18.2 Å². The van der Waals surface area contributed by atoms with Gasteiger partial charge in [0.25, 0.3) is 0 Å². The Hall–Kier alpha value is -1.85. The lowest BCUT2D eigenvalue weighted by atomic mass is 10.3. The number of hydrogen-bond acceptors (Lipinski definition) is 4. The third-order valence-electron chi connectivity index (χ3n) is 2.96. The number of ether oxygens (including phenoxy) is 2. The summed E-state index contributed by atoms with van der Waals surface area (Å²) in [6.45, 7) is 7.43. The van der Waals surface area contributed by atoms with Crippen LogP contribution in [0.5, 0.6) is 5.75 Å². The molecule has 108 valence electrons. The summed E-state index contributed by atoms with van der Waals surface area (Å²) in [5.41, 5.74) is 0.741. The van der Waals surface area contributed by atoms with Crippen molar-refractivity contribution in [2.24, 2.45) is 0 Å². The summed E-state index contributed by atoms with van der Waals surface area (Å²) in [6.07, 6.45) is 1.68. The molecule has 1 aromatic carbocycles. The molecule has 0 unspecified atom stereocenters. The molecule has 0 bridgehead atoms. The van der Waals surface area contributed by atoms with E-state index in [4.69, 9.17) is 9.47 Å². The molecular formula is C15H20N2O3. The second-order valence-electron chi connectivity index (χ2n) is 4.56. The van der Waals surface area contributed by atoms with Gasteiger partial charge in [0.15, 0.2) is 0 Å². The molecule has 0 radical (unpaired) electrons. The fourth-order valence-electron chi connectivity index (χ4n) is 1.98. The van der Waals surface area contributed by atoms with Crippen LogP contribution in [0.25, 0.3) is 0 Å². The Bertz CT molecular complexity index is 456. The van der Waals surface area contributed by atoms with Gasteiger partial charge < -0.3 is 14.8 Å². The van der Waals surface area contributed by atoms with Gasteiger partial charge in [0.2, 0.25) is 5.91 Å². The quantitative estimate of drug-likeness (QED) is 0.800. The summed E-state index contributed by atoms with van der Waals surface area (Å²) in [5, 5.41) is 2.88. The molecule has 2 rings (SSSR count). The Labute approximate surface area is 119 Å². The molecule has 1 aliphatic heterocycles. The van der Waals surface area contributed by atoms with Crippen molar-refractivity contribution in [2.75, 3.05) is 44.8 Å². The largest absolute Gasteiger partial charge is 0.489 e. The highest BCUT2D eigenvalue weighted by atomic mass is 16.5. The van der Waals surface area contributed by atoms with Crippen molar-refractivity contribution in [3.05, 3.63) is 36.9 Å². The highest BCUT2D eigenvalue weighted by Crippen LogP contribution is 2.17. The lowest BCUT2D eigenvalue weighted by molar-refractivity contribution is -0.118. The third-order valence-corrected chi connectivity index (χ3v) is 2.96. The van der Waals surface area contributed by atoms with Crippen LogP contribution >= 0.6 is 0 Å². The standard InChI is InChI=1S/C15H20N2O3/c1-2-8-20-14-5-3-4-13(11-14)16-15(18)12-17-6-9-19-10-7-17/h2-5,11H,1,6-10,12H2,(H,16,18). The smallest absolute Gasteiger partial charge is 0.238 e. The molecule has 0 spiro atoms. The Morgan fingerprint density at radius 2 is 2.25 bits per heavy atom. The Kier molecular flexibility index (Phi) is 5.58. The van der Waals surface area contributed by atoms with Crippen molar-refractivity contribution in [2.45, 2.75) is 0 Å². The molecule has 1 aromatic rings. The number of nitrogens with zero attached hydrogens (tertiary/aromatic N) is 1. The summed E-state index contributed by atoms with van der Waals surface area (Å²) in [6, 6.07) is 7.35. The van der Waals surface area contributed by atoms with Gasteiger partial charge in [-0.3, -0.25) is 9.69 Å². The van der Waals surface area contributed by atoms with Crippen LogP contribution in [0.3, 0.4) is 0 Å². The topological polar surface area (TPSA) is 50.8 Å². The van der Waals surface area contributed by atoms with Crippen LogP contribution in [0.1, 0.15) is 0 Å². The van der Waals surface area contributed by atoms with Crippen LogP contribution in [0.15, 0.2) is 36.9 Å². The van der Waals surface area contributed by atoms with E-state index in [2.05, 4.69) is 16.8 Å². The average molecular weight is 276 g/mol. The maximum Gasteiger partial charge on any atom is 0.238 e. The minimum absolute atomic E-state index is 0.0206. The third kappa shape index (κ3) is 4.68. The number of rotatable bonds is 6. The number of nitrogens with one attached hydrogen (secondary N) is 1. The van der Waals surface area contributed by atoms with Crippen LogP contribution < -0.4 is 10.1 Å². The number of anilines is 1. The summed E-state index contributed by atoms with van der Waals surface area (Å²) < 4.78 is 10.7. The first kappa shape index (κ1) is 14.6. The zero-order valence-corrected chi connectivity index (χ0v) is 11.5. The van der Waals surface area contributed by atoms with Crippen molar-refractivity contribution in [3.63, 3.8) is 0 Å². The predicted octanol–water partition coefficient (Wildman–Crippen LogP) is 1.52. The van der Waals surface area contributed by atoms with Crippen LogP contribution in [-0.2, 0) is 9.53 Å². The molecule has 0 saturated carbocycles. The maximum absolute atomic E-state index is 12.0. The van der Waals surface area contributed by atoms with E-state index in [0.29, 0.717) is 32.1 Å². The average Bonchev–Trinajstić information content (AvgIpc) is 2.46. The maximum atomic E-state index is 12.0. The molecule has 1 aliphatic rings. The van der Waals surface area contributed by atoms with E-state index in [1.54, 1.807) is 12.1 Å². The van der Waals surface area contributed by atoms with Crippen LogP contribution in [0.4, 0.5) is 5.69 Å². The van der Waals surface area contributed by atoms with E-state index in [0.717, 1.165) is 18.8 Å². The van der Waals surface area contributed by atoms with Crippen LogP contribution in [-0.4, -0.2) is 50.3 Å². The van der Waals surface area contributed by atoms with E-state index >= 15 is 0 Å². The summed E-state index contributed by atoms with van der Waals surface area (Å²) in [5.74, 6) is 0.696. The molecular weight excluding hydrogens is 256 g/mol. The van der Waals surface area contributed by atoms with E-state index in [1.165, 1.54) is 0 Å². The molecule has 5 nitrogen and oxygen atoms in total. The second-order valence-corrected chi connectivity index (χ2v) is 4.56. The first-order valence-corrected chi connectivity index (χ1v) is 6.71. The number of carbonyl (C=O) groups is 1. The number of benzene rings is 1. The Morgan fingerprint density at radius 3 is 3.00 bits per heavy atom. The zero-order valence-electron chi connectivity index (χ0n) is 11.5. The van der Waals surface area contributed by atoms with Gasteiger partial charge in [0.1, 0.15) is 12.4 Å². The second kappa shape index (κ2) is 7.67. The number of hydrogen-bond donors (Lipinski definition) is 1. The van der Waals surface area contributed by atoms with Gasteiger partial charge in [-0.15, -0.1) is 0 Å².